The third kappa shape index (κ3) is 7.51. The van der Waals surface area contributed by atoms with E-state index in [0.29, 0.717) is 13.1 Å². The van der Waals surface area contributed by atoms with Crippen LogP contribution in [-0.2, 0) is 43.1 Å². The average molecular weight is 735 g/mol. The Hall–Kier alpha value is -4.15. The second kappa shape index (κ2) is 14.7. The summed E-state index contributed by atoms with van der Waals surface area (Å²) in [6, 6.07) is 12.0. The van der Waals surface area contributed by atoms with Crippen LogP contribution in [0, 0.1) is 17.3 Å². The fourth-order valence-corrected chi connectivity index (χ4v) is 10.1. The molecule has 2 aromatic rings. The largest absolute Gasteiger partial charge is 0.449 e. The summed E-state index contributed by atoms with van der Waals surface area (Å²) in [6.45, 7) is 12.1. The number of cyclic esters (lactones) is 1. The van der Waals surface area contributed by atoms with Gasteiger partial charge in [0, 0.05) is 30.7 Å². The molecule has 1 unspecified atom stereocenters. The van der Waals surface area contributed by atoms with Gasteiger partial charge in [-0.25, -0.2) is 9.59 Å². The van der Waals surface area contributed by atoms with Gasteiger partial charge in [-0.1, -0.05) is 76.6 Å². The lowest BCUT2D eigenvalue weighted by Crippen LogP contribution is -2.58. The zero-order chi connectivity index (χ0) is 37.4. The summed E-state index contributed by atoms with van der Waals surface area (Å²) in [5.74, 6) is -1.58. The SMILES string of the molecule is C=C[C@@H]1C[C@]1(NC(=O)[C@@H]1C[C@@H]2CN1C(=O)[C@H](C(C)(C)C)NC(=O)OC[C@H](C)CCCCc1cccc3c1CN(C3)C(=O)O2)P(=O)(O)c1ccccc1. The van der Waals surface area contributed by atoms with E-state index >= 15 is 0 Å². The molecule has 3 N–H and O–H groups in total. The molecular formula is C39H51N4O8P. The Morgan fingerprint density at radius 1 is 1.08 bits per heavy atom. The summed E-state index contributed by atoms with van der Waals surface area (Å²) in [5.41, 5.74) is 2.58. The summed E-state index contributed by atoms with van der Waals surface area (Å²) in [4.78, 5) is 70.1. The number of alkyl carbamates (subject to hydrolysis) is 1. The molecule has 12 nitrogen and oxygen atoms in total. The van der Waals surface area contributed by atoms with Crippen molar-refractivity contribution >= 4 is 36.7 Å². The molecule has 1 saturated carbocycles. The molecule has 2 fully saturated rings. The molecule has 1 aliphatic carbocycles. The number of ether oxygens (including phenoxy) is 2. The second-order valence-electron chi connectivity index (χ2n) is 15.9. The molecule has 1 saturated heterocycles. The molecule has 6 rings (SSSR count). The molecule has 0 aromatic heterocycles. The molecule has 4 amide bonds. The molecule has 280 valence electrons. The van der Waals surface area contributed by atoms with E-state index < -0.39 is 66.2 Å². The molecular weight excluding hydrogens is 683 g/mol. The van der Waals surface area contributed by atoms with Crippen LogP contribution in [0.3, 0.4) is 0 Å². The Kier molecular flexibility index (Phi) is 10.6. The number of amides is 4. The number of nitrogens with one attached hydrogen (secondary N) is 2. The van der Waals surface area contributed by atoms with Crippen molar-refractivity contribution < 1.29 is 38.1 Å². The van der Waals surface area contributed by atoms with E-state index in [1.165, 1.54) is 10.5 Å². The first-order valence-corrected chi connectivity index (χ1v) is 19.9. The third-order valence-electron chi connectivity index (χ3n) is 11.0. The van der Waals surface area contributed by atoms with Gasteiger partial charge < -0.3 is 29.9 Å². The van der Waals surface area contributed by atoms with Crippen LogP contribution in [0.1, 0.15) is 76.5 Å². The molecule has 3 heterocycles. The monoisotopic (exact) mass is 734 g/mol. The zero-order valence-corrected chi connectivity index (χ0v) is 31.4. The van der Waals surface area contributed by atoms with Crippen LogP contribution < -0.4 is 15.9 Å². The predicted molar refractivity (Wildman–Crippen MR) is 196 cm³/mol. The van der Waals surface area contributed by atoms with Gasteiger partial charge in [-0.2, -0.15) is 0 Å². The normalized spacial score (nSPS) is 29.6. The summed E-state index contributed by atoms with van der Waals surface area (Å²) < 4.78 is 25.7. The van der Waals surface area contributed by atoms with Crippen molar-refractivity contribution in [2.45, 2.75) is 103 Å². The summed E-state index contributed by atoms with van der Waals surface area (Å²) >= 11 is 0. The Morgan fingerprint density at radius 2 is 1.81 bits per heavy atom. The number of hydrogen-bond donors (Lipinski definition) is 3. The van der Waals surface area contributed by atoms with Gasteiger partial charge in [-0.15, -0.1) is 6.58 Å². The van der Waals surface area contributed by atoms with Gasteiger partial charge in [0.25, 0.3) is 7.37 Å². The minimum Gasteiger partial charge on any atom is -0.449 e. The first kappa shape index (κ1) is 37.6. The van der Waals surface area contributed by atoms with E-state index in [4.69, 9.17) is 9.47 Å². The van der Waals surface area contributed by atoms with E-state index in [1.54, 1.807) is 62.1 Å². The van der Waals surface area contributed by atoms with Crippen LogP contribution in [0.15, 0.2) is 61.2 Å². The Balaban J connectivity index is 1.30. The molecule has 4 aliphatic rings. The Labute approximate surface area is 305 Å². The summed E-state index contributed by atoms with van der Waals surface area (Å²) in [6.07, 6.45) is 3.18. The highest BCUT2D eigenvalue weighted by Crippen LogP contribution is 2.68. The van der Waals surface area contributed by atoms with Crippen molar-refractivity contribution in [3.63, 3.8) is 0 Å². The Morgan fingerprint density at radius 3 is 2.50 bits per heavy atom. The van der Waals surface area contributed by atoms with Gasteiger partial charge in [0.05, 0.1) is 13.2 Å². The highest BCUT2D eigenvalue weighted by molar-refractivity contribution is 7.68. The van der Waals surface area contributed by atoms with Crippen molar-refractivity contribution in [3.05, 3.63) is 77.9 Å². The van der Waals surface area contributed by atoms with E-state index in [1.807, 2.05) is 19.1 Å². The first-order valence-electron chi connectivity index (χ1n) is 18.3. The number of aryl methyl sites for hydroxylation is 1. The minimum absolute atomic E-state index is 0.0376. The van der Waals surface area contributed by atoms with E-state index in [0.717, 1.165) is 36.8 Å². The highest BCUT2D eigenvalue weighted by atomic mass is 31.2. The molecule has 7 atom stereocenters. The number of benzene rings is 2. The first-order chi connectivity index (χ1) is 24.6. The van der Waals surface area contributed by atoms with E-state index in [9.17, 15) is 28.6 Å². The zero-order valence-electron chi connectivity index (χ0n) is 30.5. The molecule has 0 spiro atoms. The fraction of sp³-hybridized carbons (Fsp3) is 0.538. The van der Waals surface area contributed by atoms with Crippen molar-refractivity contribution in [2.75, 3.05) is 13.2 Å². The summed E-state index contributed by atoms with van der Waals surface area (Å²) in [7, 11) is -4.19. The predicted octanol–water partition coefficient (Wildman–Crippen LogP) is 5.23. The smallest absolute Gasteiger partial charge is 0.410 e. The number of carbonyl (C=O) groups excluding carboxylic acids is 4. The van der Waals surface area contributed by atoms with E-state index in [-0.39, 0.29) is 37.2 Å². The quantitative estimate of drug-likeness (QED) is 0.279. The van der Waals surface area contributed by atoms with Crippen LogP contribution in [0.2, 0.25) is 0 Å². The van der Waals surface area contributed by atoms with Gasteiger partial charge in [0.2, 0.25) is 11.8 Å². The number of carbonyl (C=O) groups is 4. The number of rotatable bonds is 5. The standard InChI is InChI=1S/C39H51N4O8P/c1-6-28-20-39(28,52(48,49)30-17-8-7-9-18-30)41-34(44)32-19-29-22-43(32)35(45)33(38(3,4)5)40-36(46)50-24-25(2)13-10-11-14-26-15-12-16-27-21-42(23-31(26)27)37(47)51-29/h6-9,12,15-18,25,28-29,32-33H,1,10-11,13-14,19-24H2,2-5H3,(H,40,46)(H,41,44)(H,48,49)/t25-,28-,29-,32+,33-,39+/m1/s1. The maximum absolute atomic E-state index is 14.5. The van der Waals surface area contributed by atoms with Crippen molar-refractivity contribution in [2.24, 2.45) is 17.3 Å². The average Bonchev–Trinajstić information content (AvgIpc) is 3.42. The topological polar surface area (TPSA) is 155 Å². The van der Waals surface area contributed by atoms with Crippen LogP contribution in [0.5, 0.6) is 0 Å². The lowest BCUT2D eigenvalue weighted by Gasteiger charge is -2.35. The van der Waals surface area contributed by atoms with Gasteiger partial charge in [0.15, 0.2) is 0 Å². The minimum atomic E-state index is -4.19. The fourth-order valence-electron chi connectivity index (χ4n) is 7.81. The van der Waals surface area contributed by atoms with Crippen molar-refractivity contribution in [1.29, 1.82) is 0 Å². The third-order valence-corrected chi connectivity index (χ3v) is 13.7. The van der Waals surface area contributed by atoms with Gasteiger partial charge >= 0.3 is 12.2 Å². The van der Waals surface area contributed by atoms with Crippen LogP contribution >= 0.6 is 7.37 Å². The molecule has 3 aliphatic heterocycles. The molecule has 52 heavy (non-hydrogen) atoms. The van der Waals surface area contributed by atoms with Crippen LogP contribution in [0.25, 0.3) is 0 Å². The van der Waals surface area contributed by atoms with Gasteiger partial charge in [-0.05, 0) is 65.8 Å². The van der Waals surface area contributed by atoms with Crippen LogP contribution in [-0.4, -0.2) is 75.3 Å². The van der Waals surface area contributed by atoms with E-state index in [2.05, 4.69) is 23.3 Å². The lowest BCUT2D eigenvalue weighted by molar-refractivity contribution is -0.142. The maximum Gasteiger partial charge on any atom is 0.410 e. The maximum atomic E-state index is 14.5. The van der Waals surface area contributed by atoms with Gasteiger partial charge in [-0.3, -0.25) is 19.1 Å². The molecule has 0 radical (unpaired) electrons. The van der Waals surface area contributed by atoms with Crippen molar-refractivity contribution in [3.8, 4) is 0 Å². The molecule has 13 heteroatoms. The lowest BCUT2D eigenvalue weighted by atomic mass is 9.85. The van der Waals surface area contributed by atoms with Gasteiger partial charge in [0.1, 0.15) is 23.5 Å². The Bertz CT molecular complexity index is 1760. The number of nitrogens with zero attached hydrogens (tertiary/aromatic N) is 2. The highest BCUT2D eigenvalue weighted by Gasteiger charge is 2.66. The number of fused-ring (bicyclic) bond motifs is 3. The molecule has 2 aromatic carbocycles. The summed E-state index contributed by atoms with van der Waals surface area (Å²) in [5, 5.41) is 4.31. The second-order valence-corrected chi connectivity index (χ2v) is 18.4. The number of hydrogen-bond acceptors (Lipinski definition) is 7. The van der Waals surface area contributed by atoms with Crippen molar-refractivity contribution in [1.82, 2.24) is 20.4 Å². The van der Waals surface area contributed by atoms with Crippen LogP contribution in [0.4, 0.5) is 9.59 Å². The molecule has 4 bridgehead atoms.